The number of nitrogens with zero attached hydrogens (tertiary/aromatic N) is 2. The van der Waals surface area contributed by atoms with Gasteiger partial charge in [0.2, 0.25) is 0 Å². The first kappa shape index (κ1) is 16.8. The van der Waals surface area contributed by atoms with Crippen molar-refractivity contribution in [2.75, 3.05) is 13.1 Å². The third kappa shape index (κ3) is 4.11. The number of hydrogen-bond acceptors (Lipinski definition) is 3. The Balaban J connectivity index is 2.89. The lowest BCUT2D eigenvalue weighted by Crippen LogP contribution is -2.38. The normalized spacial score (nSPS) is 13.1. The molecule has 0 heterocycles. The van der Waals surface area contributed by atoms with E-state index in [9.17, 15) is 4.79 Å². The second-order valence-electron chi connectivity index (χ2n) is 4.40. The van der Waals surface area contributed by atoms with Crippen molar-refractivity contribution in [3.8, 4) is 0 Å². The van der Waals surface area contributed by atoms with Crippen molar-refractivity contribution in [3.63, 3.8) is 0 Å². The Kier molecular flexibility index (Phi) is 6.29. The molecule has 110 valence electrons. The van der Waals surface area contributed by atoms with Gasteiger partial charge in [-0.1, -0.05) is 23.7 Å². The first-order chi connectivity index (χ1) is 9.40. The van der Waals surface area contributed by atoms with Gasteiger partial charge in [0.25, 0.3) is 5.91 Å². The topological polar surface area (TPSA) is 78.9 Å². The summed E-state index contributed by atoms with van der Waals surface area (Å²) < 4.78 is 0.740. The quantitative estimate of drug-likeness (QED) is 0.366. The summed E-state index contributed by atoms with van der Waals surface area (Å²) in [7, 11) is 0. The number of halogens is 2. The minimum atomic E-state index is -0.227. The number of carbonyl (C=O) groups excluding carboxylic acids is 1. The Morgan fingerprint density at radius 3 is 2.75 bits per heavy atom. The van der Waals surface area contributed by atoms with E-state index >= 15 is 0 Å². The van der Waals surface area contributed by atoms with Crippen molar-refractivity contribution >= 4 is 39.3 Å². The Labute approximate surface area is 131 Å². The van der Waals surface area contributed by atoms with Crippen molar-refractivity contribution in [1.82, 2.24) is 4.90 Å². The zero-order valence-electron chi connectivity index (χ0n) is 11.3. The number of carbonyl (C=O) groups is 1. The van der Waals surface area contributed by atoms with Gasteiger partial charge in [0.05, 0.1) is 5.02 Å². The number of hydrogen-bond donors (Lipinski definition) is 2. The first-order valence-corrected chi connectivity index (χ1v) is 7.29. The molecule has 0 aliphatic rings. The molecule has 7 heteroatoms. The standard InChI is InChI=1S/C13H17BrClN3O2/c1-3-18(7-8(2)12(16)17-20)13(19)9-4-5-10(14)11(15)6-9/h4-6,8,20H,3,7H2,1-2H3,(H2,16,17). The lowest BCUT2D eigenvalue weighted by molar-refractivity contribution is 0.0754. The molecule has 0 aliphatic carbocycles. The van der Waals surface area contributed by atoms with E-state index in [4.69, 9.17) is 22.5 Å². The van der Waals surface area contributed by atoms with Gasteiger partial charge in [0, 0.05) is 29.0 Å². The molecule has 1 aromatic carbocycles. The van der Waals surface area contributed by atoms with Gasteiger partial charge in [-0.05, 0) is 41.1 Å². The summed E-state index contributed by atoms with van der Waals surface area (Å²) in [5.41, 5.74) is 6.04. The molecule has 0 bridgehead atoms. The molecule has 1 unspecified atom stereocenters. The number of amides is 1. The molecule has 0 fully saturated rings. The summed E-state index contributed by atoms with van der Waals surface area (Å²) in [6, 6.07) is 5.05. The second kappa shape index (κ2) is 7.50. The SMILES string of the molecule is CCN(CC(C)/C(N)=N/O)C(=O)c1ccc(Br)c(Cl)c1. The van der Waals surface area contributed by atoms with Gasteiger partial charge in [0.1, 0.15) is 5.84 Å². The molecular weight excluding hydrogens is 346 g/mol. The third-order valence-electron chi connectivity index (χ3n) is 2.95. The minimum absolute atomic E-state index is 0.102. The molecule has 0 spiro atoms. The van der Waals surface area contributed by atoms with Crippen LogP contribution in [0.5, 0.6) is 0 Å². The van der Waals surface area contributed by atoms with Gasteiger partial charge in [-0.15, -0.1) is 0 Å². The zero-order valence-corrected chi connectivity index (χ0v) is 13.6. The third-order valence-corrected chi connectivity index (χ3v) is 4.18. The van der Waals surface area contributed by atoms with Crippen molar-refractivity contribution in [3.05, 3.63) is 33.3 Å². The number of oxime groups is 1. The fourth-order valence-corrected chi connectivity index (χ4v) is 2.12. The molecule has 0 aromatic heterocycles. The van der Waals surface area contributed by atoms with Gasteiger partial charge in [-0.25, -0.2) is 0 Å². The zero-order chi connectivity index (χ0) is 15.3. The average molecular weight is 363 g/mol. The average Bonchev–Trinajstić information content (AvgIpc) is 2.45. The van der Waals surface area contributed by atoms with Gasteiger partial charge in [-0.3, -0.25) is 4.79 Å². The lowest BCUT2D eigenvalue weighted by atomic mass is 10.1. The number of rotatable bonds is 5. The molecule has 1 rings (SSSR count). The van der Waals surface area contributed by atoms with Gasteiger partial charge in [0.15, 0.2) is 0 Å². The first-order valence-electron chi connectivity index (χ1n) is 6.12. The number of nitrogens with two attached hydrogens (primary N) is 1. The van der Waals surface area contributed by atoms with Crippen LogP contribution in [0.1, 0.15) is 24.2 Å². The molecule has 0 saturated carbocycles. The van der Waals surface area contributed by atoms with E-state index in [1.54, 1.807) is 30.0 Å². The second-order valence-corrected chi connectivity index (χ2v) is 5.66. The highest BCUT2D eigenvalue weighted by molar-refractivity contribution is 9.10. The van der Waals surface area contributed by atoms with Crippen molar-refractivity contribution in [2.24, 2.45) is 16.8 Å². The monoisotopic (exact) mass is 361 g/mol. The molecule has 5 nitrogen and oxygen atoms in total. The van der Waals surface area contributed by atoms with Crippen LogP contribution in [0.2, 0.25) is 5.02 Å². The minimum Gasteiger partial charge on any atom is -0.409 e. The molecule has 20 heavy (non-hydrogen) atoms. The van der Waals surface area contributed by atoms with Crippen LogP contribution in [0.15, 0.2) is 27.8 Å². The van der Waals surface area contributed by atoms with E-state index in [0.29, 0.717) is 23.7 Å². The molecule has 3 N–H and O–H groups in total. The number of amidine groups is 1. The summed E-state index contributed by atoms with van der Waals surface area (Å²) in [6.45, 7) is 4.56. The Morgan fingerprint density at radius 1 is 1.60 bits per heavy atom. The lowest BCUT2D eigenvalue weighted by Gasteiger charge is -2.24. The van der Waals surface area contributed by atoms with E-state index in [-0.39, 0.29) is 17.7 Å². The van der Waals surface area contributed by atoms with Gasteiger partial charge in [-0.2, -0.15) is 0 Å². The van der Waals surface area contributed by atoms with E-state index in [1.807, 2.05) is 6.92 Å². The molecular formula is C13H17BrClN3O2. The highest BCUT2D eigenvalue weighted by Crippen LogP contribution is 2.24. The van der Waals surface area contributed by atoms with Crippen molar-refractivity contribution < 1.29 is 10.0 Å². The summed E-state index contributed by atoms with van der Waals surface area (Å²) in [4.78, 5) is 14.0. The van der Waals surface area contributed by atoms with Crippen LogP contribution in [0.4, 0.5) is 0 Å². The summed E-state index contributed by atoms with van der Waals surface area (Å²) in [5, 5.41) is 12.1. The molecule has 1 atom stereocenters. The van der Waals surface area contributed by atoms with E-state index < -0.39 is 0 Å². The van der Waals surface area contributed by atoms with Crippen LogP contribution < -0.4 is 5.73 Å². The molecule has 1 amide bonds. The molecule has 0 saturated heterocycles. The largest absolute Gasteiger partial charge is 0.409 e. The van der Waals surface area contributed by atoms with Crippen LogP contribution in [-0.4, -0.2) is 34.9 Å². The predicted molar refractivity (Wildman–Crippen MR) is 83.3 cm³/mol. The van der Waals surface area contributed by atoms with E-state index in [0.717, 1.165) is 4.47 Å². The molecule has 0 aliphatic heterocycles. The fourth-order valence-electron chi connectivity index (χ4n) is 1.69. The van der Waals surface area contributed by atoms with Crippen LogP contribution in [-0.2, 0) is 0 Å². The van der Waals surface area contributed by atoms with Crippen LogP contribution in [0, 0.1) is 5.92 Å². The Morgan fingerprint density at radius 2 is 2.25 bits per heavy atom. The summed E-state index contributed by atoms with van der Waals surface area (Å²) >= 11 is 9.28. The fraction of sp³-hybridized carbons (Fsp3) is 0.385. The summed E-state index contributed by atoms with van der Waals surface area (Å²) in [6.07, 6.45) is 0. The molecule has 0 radical (unpaired) electrons. The predicted octanol–water partition coefficient (Wildman–Crippen LogP) is 2.95. The number of benzene rings is 1. The van der Waals surface area contributed by atoms with Crippen molar-refractivity contribution in [1.29, 1.82) is 0 Å². The summed E-state index contributed by atoms with van der Waals surface area (Å²) in [5.74, 6) is -0.264. The maximum Gasteiger partial charge on any atom is 0.253 e. The Hall–Kier alpha value is -1.27. The Bertz CT molecular complexity index is 522. The van der Waals surface area contributed by atoms with E-state index in [2.05, 4.69) is 21.1 Å². The van der Waals surface area contributed by atoms with Crippen LogP contribution in [0.25, 0.3) is 0 Å². The van der Waals surface area contributed by atoms with Crippen LogP contribution >= 0.6 is 27.5 Å². The van der Waals surface area contributed by atoms with Gasteiger partial charge >= 0.3 is 0 Å². The highest BCUT2D eigenvalue weighted by Gasteiger charge is 2.19. The maximum atomic E-state index is 12.4. The van der Waals surface area contributed by atoms with Gasteiger partial charge < -0.3 is 15.8 Å². The highest BCUT2D eigenvalue weighted by atomic mass is 79.9. The molecule has 1 aromatic rings. The van der Waals surface area contributed by atoms with Crippen molar-refractivity contribution in [2.45, 2.75) is 13.8 Å². The van der Waals surface area contributed by atoms with E-state index in [1.165, 1.54) is 0 Å². The van der Waals surface area contributed by atoms with Crippen LogP contribution in [0.3, 0.4) is 0 Å². The smallest absolute Gasteiger partial charge is 0.253 e. The maximum absolute atomic E-state index is 12.4.